The van der Waals surface area contributed by atoms with Crippen LogP contribution in [0.5, 0.6) is 0 Å². The lowest BCUT2D eigenvalue weighted by Gasteiger charge is -2.11. The van der Waals surface area contributed by atoms with Gasteiger partial charge < -0.3 is 22.5 Å². The van der Waals surface area contributed by atoms with Crippen LogP contribution < -0.4 is 0 Å². The summed E-state index contributed by atoms with van der Waals surface area (Å²) in [5.41, 5.74) is 24.4. The zero-order chi connectivity index (χ0) is 66.2. The molecular formula is C93H56N6O2. The first-order valence-corrected chi connectivity index (χ1v) is 34.2. The summed E-state index contributed by atoms with van der Waals surface area (Å²) < 4.78 is 21.2. The van der Waals surface area contributed by atoms with Crippen molar-refractivity contribution in [3.63, 3.8) is 0 Å². The van der Waals surface area contributed by atoms with Gasteiger partial charge in [-0.25, -0.2) is 15.0 Å². The number of hydrogen-bond donors (Lipinski definition) is 0. The van der Waals surface area contributed by atoms with Crippen molar-refractivity contribution in [1.29, 1.82) is 0 Å². The van der Waals surface area contributed by atoms with Gasteiger partial charge in [-0.05, 0) is 172 Å². The number of hydrogen-bond acceptors (Lipinski definition) is 5. The Morgan fingerprint density at radius 2 is 0.525 bits per heavy atom. The molecule has 101 heavy (non-hydrogen) atoms. The van der Waals surface area contributed by atoms with Gasteiger partial charge in [0.25, 0.3) is 0 Å². The van der Waals surface area contributed by atoms with Gasteiger partial charge in [-0.1, -0.05) is 206 Å². The molecule has 0 aliphatic rings. The van der Waals surface area contributed by atoms with E-state index in [9.17, 15) is 0 Å². The van der Waals surface area contributed by atoms with E-state index < -0.39 is 0 Å². The van der Waals surface area contributed by atoms with E-state index >= 15 is 0 Å². The Hall–Kier alpha value is -13.7. The molecule has 0 amide bonds. The summed E-state index contributed by atoms with van der Waals surface area (Å²) in [7, 11) is 0. The van der Waals surface area contributed by atoms with Gasteiger partial charge in [0.2, 0.25) is 0 Å². The number of nitrogens with zero attached hydrogens (tertiary/aromatic N) is 6. The van der Waals surface area contributed by atoms with Crippen LogP contribution in [0, 0.1) is 0 Å². The van der Waals surface area contributed by atoms with Crippen molar-refractivity contribution >= 4 is 109 Å². The van der Waals surface area contributed by atoms with Crippen LogP contribution in [0.1, 0.15) is 0 Å². The smallest absolute Gasteiger partial charge is 0.167 e. The Bertz CT molecular complexity index is 6920. The Balaban J connectivity index is 0.694. The fraction of sp³-hybridized carbons (Fsp3) is 0. The summed E-state index contributed by atoms with van der Waals surface area (Å²) in [5.74, 6) is 1.62. The van der Waals surface area contributed by atoms with Gasteiger partial charge in [-0.2, -0.15) is 0 Å². The molecule has 6 aromatic heterocycles. The van der Waals surface area contributed by atoms with E-state index in [0.717, 1.165) is 144 Å². The summed E-state index contributed by atoms with van der Waals surface area (Å²) >= 11 is 0. The summed E-state index contributed by atoms with van der Waals surface area (Å²) in [4.78, 5) is 16.0. The molecule has 0 unspecified atom stereocenters. The van der Waals surface area contributed by atoms with Crippen LogP contribution in [0.2, 0.25) is 0 Å². The Morgan fingerprint density at radius 3 is 1.05 bits per heavy atom. The van der Waals surface area contributed by atoms with E-state index in [1.54, 1.807) is 0 Å². The van der Waals surface area contributed by atoms with Crippen molar-refractivity contribution in [2.75, 3.05) is 0 Å². The maximum absolute atomic E-state index is 7.24. The van der Waals surface area contributed by atoms with Crippen LogP contribution >= 0.6 is 0 Å². The van der Waals surface area contributed by atoms with Gasteiger partial charge in [0.15, 0.2) is 17.5 Å². The number of benzene rings is 15. The average Bonchev–Trinajstić information content (AvgIpc) is 1.63. The molecule has 0 N–H and O–H groups in total. The standard InChI is InChI=1S/C93H56N6O2/c1-5-21-58(22-6-1)91-94-92(96-93(95-91)80-55-65(54-78-72-32-16-20-36-87(72)100-90(78)80)61-43-47-85-76(50-61)70-30-14-18-34-82(70)98(85)67-25-9-3-10-26-67)59-39-37-57(38-40-59)62-41-45-73-79-53-64(60-42-46-84-75(49-60)69-29-13-17-33-81(69)97(84)66-23-7-2-8-24-66)52-74(89(79)101-88(73)56-62)63-44-48-86-77(51-63)71-31-15-19-35-83(71)99(86)68-27-11-4-12-28-68/h1-56H. The highest BCUT2D eigenvalue weighted by Gasteiger charge is 2.24. The van der Waals surface area contributed by atoms with Crippen molar-refractivity contribution in [2.24, 2.45) is 0 Å². The lowest BCUT2D eigenvalue weighted by molar-refractivity contribution is 0.669. The first kappa shape index (κ1) is 56.5. The zero-order valence-corrected chi connectivity index (χ0v) is 54.3. The lowest BCUT2D eigenvalue weighted by Crippen LogP contribution is -2.00. The molecule has 0 saturated carbocycles. The molecule has 21 aromatic rings. The molecule has 470 valence electrons. The number of para-hydroxylation sites is 7. The Morgan fingerprint density at radius 1 is 0.188 bits per heavy atom. The molecule has 15 aromatic carbocycles. The molecule has 0 aliphatic carbocycles. The van der Waals surface area contributed by atoms with Crippen molar-refractivity contribution in [1.82, 2.24) is 28.7 Å². The molecule has 0 fully saturated rings. The second kappa shape index (κ2) is 22.4. The van der Waals surface area contributed by atoms with Crippen molar-refractivity contribution < 1.29 is 8.83 Å². The maximum Gasteiger partial charge on any atom is 0.167 e. The highest BCUT2D eigenvalue weighted by Crippen LogP contribution is 2.46. The molecular weight excluding hydrogens is 1230 g/mol. The lowest BCUT2D eigenvalue weighted by atomic mass is 9.94. The highest BCUT2D eigenvalue weighted by atomic mass is 16.3. The third-order valence-electron chi connectivity index (χ3n) is 20.5. The Kier molecular flexibility index (Phi) is 12.5. The van der Waals surface area contributed by atoms with E-state index in [4.69, 9.17) is 23.8 Å². The molecule has 0 saturated heterocycles. The van der Waals surface area contributed by atoms with Crippen LogP contribution in [0.25, 0.3) is 205 Å². The van der Waals surface area contributed by atoms with E-state index in [-0.39, 0.29) is 0 Å². The maximum atomic E-state index is 7.24. The second-order valence-electron chi connectivity index (χ2n) is 26.2. The summed E-state index contributed by atoms with van der Waals surface area (Å²) in [5, 5.41) is 11.2. The topological polar surface area (TPSA) is 79.7 Å². The Labute approximate surface area is 578 Å². The quantitative estimate of drug-likeness (QED) is 0.136. The van der Waals surface area contributed by atoms with Crippen LogP contribution in [-0.2, 0) is 0 Å². The third-order valence-corrected chi connectivity index (χ3v) is 20.5. The van der Waals surface area contributed by atoms with Crippen LogP contribution in [-0.4, -0.2) is 28.7 Å². The highest BCUT2D eigenvalue weighted by molar-refractivity contribution is 6.17. The van der Waals surface area contributed by atoms with Gasteiger partial charge >= 0.3 is 0 Å². The van der Waals surface area contributed by atoms with Gasteiger partial charge in [-0.3, -0.25) is 0 Å². The average molecular weight is 1290 g/mol. The minimum atomic E-state index is 0.513. The largest absolute Gasteiger partial charge is 0.455 e. The number of aromatic nitrogens is 6. The molecule has 0 radical (unpaired) electrons. The molecule has 0 aliphatic heterocycles. The normalized spacial score (nSPS) is 12.0. The number of rotatable bonds is 10. The monoisotopic (exact) mass is 1290 g/mol. The minimum absolute atomic E-state index is 0.513. The van der Waals surface area contributed by atoms with E-state index in [0.29, 0.717) is 23.1 Å². The predicted molar refractivity (Wildman–Crippen MR) is 415 cm³/mol. The van der Waals surface area contributed by atoms with Crippen LogP contribution in [0.15, 0.2) is 349 Å². The van der Waals surface area contributed by atoms with Gasteiger partial charge in [-0.15, -0.1) is 0 Å². The van der Waals surface area contributed by atoms with Gasteiger partial charge in [0.05, 0.1) is 38.7 Å². The van der Waals surface area contributed by atoms with Gasteiger partial charge in [0, 0.05) is 87.6 Å². The van der Waals surface area contributed by atoms with E-state index in [1.165, 1.54) is 37.8 Å². The van der Waals surface area contributed by atoms with Gasteiger partial charge in [0.1, 0.15) is 22.3 Å². The number of furan rings is 2. The van der Waals surface area contributed by atoms with E-state index in [1.807, 2.05) is 42.5 Å². The summed E-state index contributed by atoms with van der Waals surface area (Å²) in [6, 6.07) is 121. The molecule has 0 atom stereocenters. The zero-order valence-electron chi connectivity index (χ0n) is 54.3. The summed E-state index contributed by atoms with van der Waals surface area (Å²) in [6.07, 6.45) is 0. The molecule has 0 spiro atoms. The second-order valence-corrected chi connectivity index (χ2v) is 26.2. The van der Waals surface area contributed by atoms with Crippen molar-refractivity contribution in [3.8, 4) is 95.7 Å². The molecule has 21 rings (SSSR count). The SMILES string of the molecule is c1ccc(-c2nc(-c3ccc(-c4ccc5c(c4)oc4c(-c6ccc7c(c6)c6ccccc6n7-c6ccccc6)cc(-c6ccc7c(c6)c6ccccc6n7-c6ccccc6)cc45)cc3)nc(-c3cc(-c4ccc5c(c4)c4ccccc4n5-c4ccccc4)cc4c3oc3ccccc34)n2)cc1. The fourth-order valence-electron chi connectivity index (χ4n) is 15.8. The molecule has 8 nitrogen and oxygen atoms in total. The molecule has 0 bridgehead atoms. The third kappa shape index (κ3) is 9.05. The van der Waals surface area contributed by atoms with Crippen LogP contribution in [0.3, 0.4) is 0 Å². The fourth-order valence-corrected chi connectivity index (χ4v) is 15.8. The minimum Gasteiger partial charge on any atom is -0.455 e. The molecule has 6 heterocycles. The molecule has 8 heteroatoms. The first-order chi connectivity index (χ1) is 50.0. The van der Waals surface area contributed by atoms with Crippen molar-refractivity contribution in [3.05, 3.63) is 340 Å². The number of fused-ring (bicyclic) bond motifs is 15. The summed E-state index contributed by atoms with van der Waals surface area (Å²) in [6.45, 7) is 0. The van der Waals surface area contributed by atoms with E-state index in [2.05, 4.69) is 311 Å². The first-order valence-electron chi connectivity index (χ1n) is 34.2. The van der Waals surface area contributed by atoms with Crippen LogP contribution in [0.4, 0.5) is 0 Å². The van der Waals surface area contributed by atoms with Crippen molar-refractivity contribution in [2.45, 2.75) is 0 Å². The predicted octanol–water partition coefficient (Wildman–Crippen LogP) is 24.6.